The quantitative estimate of drug-likeness (QED) is 0.0262. The van der Waals surface area contributed by atoms with Gasteiger partial charge in [0.2, 0.25) is 0 Å². The molecule has 0 saturated carbocycles. The van der Waals surface area contributed by atoms with Crippen molar-refractivity contribution in [2.45, 2.75) is 303 Å². The lowest BCUT2D eigenvalue weighted by Gasteiger charge is -2.18. The molecule has 0 saturated heterocycles. The summed E-state index contributed by atoms with van der Waals surface area (Å²) in [5.41, 5.74) is 0. The lowest BCUT2D eigenvalue weighted by atomic mass is 10.0. The third-order valence-electron chi connectivity index (χ3n) is 12.6. The maximum Gasteiger partial charge on any atom is 0.306 e. The number of esters is 3. The van der Waals surface area contributed by atoms with Crippen LogP contribution in [0.5, 0.6) is 0 Å². The first-order valence-electron chi connectivity index (χ1n) is 28.6. The van der Waals surface area contributed by atoms with Crippen LogP contribution >= 0.6 is 0 Å². The lowest BCUT2D eigenvalue weighted by Crippen LogP contribution is -2.30. The summed E-state index contributed by atoms with van der Waals surface area (Å²) in [6, 6.07) is 0. The van der Waals surface area contributed by atoms with Gasteiger partial charge >= 0.3 is 17.9 Å². The number of rotatable bonds is 52. The van der Waals surface area contributed by atoms with Crippen LogP contribution in [0, 0.1) is 0 Å². The molecule has 0 N–H and O–H groups in total. The van der Waals surface area contributed by atoms with Gasteiger partial charge in [0.1, 0.15) is 13.2 Å². The molecule has 0 aromatic rings. The smallest absolute Gasteiger partial charge is 0.306 e. The minimum Gasteiger partial charge on any atom is -0.462 e. The Labute approximate surface area is 409 Å². The molecule has 1 atom stereocenters. The van der Waals surface area contributed by atoms with Gasteiger partial charge in [0.05, 0.1) is 0 Å². The van der Waals surface area contributed by atoms with E-state index in [-0.39, 0.29) is 31.1 Å². The Balaban J connectivity index is 4.40. The van der Waals surface area contributed by atoms with Gasteiger partial charge in [-0.05, 0) is 83.5 Å². The van der Waals surface area contributed by atoms with E-state index in [0.29, 0.717) is 19.3 Å². The molecule has 0 heterocycles. The molecule has 0 aliphatic rings. The Morgan fingerprint density at radius 2 is 0.545 bits per heavy atom. The largest absolute Gasteiger partial charge is 0.462 e. The molecule has 0 aromatic carbocycles. The number of allylic oxidation sites excluding steroid dienone is 8. The minimum atomic E-state index is -0.781. The molecule has 6 heteroatoms. The monoisotopic (exact) mass is 925 g/mol. The summed E-state index contributed by atoms with van der Waals surface area (Å²) in [5.74, 6) is -0.892. The summed E-state index contributed by atoms with van der Waals surface area (Å²) in [4.78, 5) is 38.1. The van der Waals surface area contributed by atoms with Crippen molar-refractivity contribution in [3.63, 3.8) is 0 Å². The molecule has 6 nitrogen and oxygen atoms in total. The fourth-order valence-corrected chi connectivity index (χ4v) is 8.21. The molecule has 0 fully saturated rings. The highest BCUT2D eigenvalue weighted by molar-refractivity contribution is 5.71. The van der Waals surface area contributed by atoms with E-state index in [1.807, 2.05) is 0 Å². The Morgan fingerprint density at radius 1 is 0.303 bits per heavy atom. The van der Waals surface area contributed by atoms with E-state index in [0.717, 1.165) is 83.5 Å². The highest BCUT2D eigenvalue weighted by Crippen LogP contribution is 2.16. The van der Waals surface area contributed by atoms with Gasteiger partial charge in [-0.25, -0.2) is 0 Å². The van der Waals surface area contributed by atoms with E-state index in [2.05, 4.69) is 69.4 Å². The minimum absolute atomic E-state index is 0.0799. The number of hydrogen-bond acceptors (Lipinski definition) is 6. The molecule has 66 heavy (non-hydrogen) atoms. The van der Waals surface area contributed by atoms with E-state index in [1.165, 1.54) is 173 Å². The summed E-state index contributed by atoms with van der Waals surface area (Å²) >= 11 is 0. The van der Waals surface area contributed by atoms with E-state index in [4.69, 9.17) is 14.2 Å². The normalized spacial score (nSPS) is 12.3. The van der Waals surface area contributed by atoms with Crippen molar-refractivity contribution in [3.05, 3.63) is 48.6 Å². The molecule has 0 unspecified atom stereocenters. The molecular weight excluding hydrogens is 817 g/mol. The fraction of sp³-hybridized carbons (Fsp3) is 0.817. The Morgan fingerprint density at radius 3 is 0.909 bits per heavy atom. The van der Waals surface area contributed by atoms with E-state index < -0.39 is 6.10 Å². The zero-order chi connectivity index (χ0) is 47.9. The predicted octanol–water partition coefficient (Wildman–Crippen LogP) is 19.0. The van der Waals surface area contributed by atoms with Crippen molar-refractivity contribution in [3.8, 4) is 0 Å². The zero-order valence-electron chi connectivity index (χ0n) is 44.0. The first-order chi connectivity index (χ1) is 32.5. The van der Waals surface area contributed by atoms with Gasteiger partial charge in [0, 0.05) is 19.3 Å². The van der Waals surface area contributed by atoms with E-state index >= 15 is 0 Å². The van der Waals surface area contributed by atoms with Crippen LogP contribution in [0.1, 0.15) is 297 Å². The molecule has 0 amide bonds. The number of hydrogen-bond donors (Lipinski definition) is 0. The van der Waals surface area contributed by atoms with Crippen molar-refractivity contribution in [2.24, 2.45) is 0 Å². The van der Waals surface area contributed by atoms with Crippen molar-refractivity contribution >= 4 is 17.9 Å². The average molecular weight is 926 g/mol. The van der Waals surface area contributed by atoms with Gasteiger partial charge in [0.15, 0.2) is 6.10 Å². The summed E-state index contributed by atoms with van der Waals surface area (Å²) < 4.78 is 16.9. The molecule has 0 aliphatic heterocycles. The number of carbonyl (C=O) groups excluding carboxylic acids is 3. The van der Waals surface area contributed by atoms with Crippen LogP contribution in [0.3, 0.4) is 0 Å². The summed E-state index contributed by atoms with van der Waals surface area (Å²) in [6.07, 6.45) is 66.6. The summed E-state index contributed by atoms with van der Waals surface area (Å²) in [6.45, 7) is 6.61. The van der Waals surface area contributed by atoms with Crippen LogP contribution in [0.2, 0.25) is 0 Å². The van der Waals surface area contributed by atoms with Crippen molar-refractivity contribution in [1.29, 1.82) is 0 Å². The third kappa shape index (κ3) is 52.3. The number of carbonyl (C=O) groups is 3. The highest BCUT2D eigenvalue weighted by Gasteiger charge is 2.19. The molecule has 0 bridgehead atoms. The molecule has 0 aromatic heterocycles. The van der Waals surface area contributed by atoms with Gasteiger partial charge in [-0.2, -0.15) is 0 Å². The Hall–Kier alpha value is -2.63. The van der Waals surface area contributed by atoms with Crippen LogP contribution in [-0.4, -0.2) is 37.2 Å². The molecule has 384 valence electrons. The molecule has 0 spiro atoms. The maximum atomic E-state index is 12.8. The fourth-order valence-electron chi connectivity index (χ4n) is 8.21. The second kappa shape index (κ2) is 55.0. The topological polar surface area (TPSA) is 78.9 Å². The number of unbranched alkanes of at least 4 members (excludes halogenated alkanes) is 33. The van der Waals surface area contributed by atoms with E-state index in [9.17, 15) is 14.4 Å². The Kier molecular flexibility index (Phi) is 52.8. The SMILES string of the molecule is CCCCC/C=C/C/C=C/C/C=C/CCCCCCC(=O)OC[C@@H](COC(=O)CCCCCCCCC/C=C/CCCCCC)OC(=O)CCCCCCCCCCCCCCCCCC. The number of ether oxygens (including phenoxy) is 3. The highest BCUT2D eigenvalue weighted by atomic mass is 16.6. The Bertz CT molecular complexity index is 1150. The van der Waals surface area contributed by atoms with Crippen LogP contribution in [0.25, 0.3) is 0 Å². The first-order valence-corrected chi connectivity index (χ1v) is 28.6. The average Bonchev–Trinajstić information content (AvgIpc) is 3.31. The van der Waals surface area contributed by atoms with Gasteiger partial charge in [-0.15, -0.1) is 0 Å². The van der Waals surface area contributed by atoms with Gasteiger partial charge in [-0.3, -0.25) is 14.4 Å². The van der Waals surface area contributed by atoms with Crippen LogP contribution in [0.4, 0.5) is 0 Å². The van der Waals surface area contributed by atoms with Gasteiger partial charge < -0.3 is 14.2 Å². The maximum absolute atomic E-state index is 12.8. The molecule has 0 aliphatic carbocycles. The van der Waals surface area contributed by atoms with Gasteiger partial charge in [0.25, 0.3) is 0 Å². The third-order valence-corrected chi connectivity index (χ3v) is 12.6. The molecular formula is C60H108O6. The summed E-state index contributed by atoms with van der Waals surface area (Å²) in [7, 11) is 0. The van der Waals surface area contributed by atoms with E-state index in [1.54, 1.807) is 0 Å². The second-order valence-electron chi connectivity index (χ2n) is 19.2. The first kappa shape index (κ1) is 63.4. The second-order valence-corrected chi connectivity index (χ2v) is 19.2. The van der Waals surface area contributed by atoms with Crippen LogP contribution < -0.4 is 0 Å². The summed E-state index contributed by atoms with van der Waals surface area (Å²) in [5, 5.41) is 0. The van der Waals surface area contributed by atoms with Gasteiger partial charge in [-0.1, -0.05) is 243 Å². The predicted molar refractivity (Wildman–Crippen MR) is 284 cm³/mol. The molecule has 0 rings (SSSR count). The van der Waals surface area contributed by atoms with Crippen LogP contribution in [-0.2, 0) is 28.6 Å². The van der Waals surface area contributed by atoms with Crippen LogP contribution in [0.15, 0.2) is 48.6 Å². The zero-order valence-corrected chi connectivity index (χ0v) is 44.0. The molecule has 0 radical (unpaired) electrons. The van der Waals surface area contributed by atoms with Crippen molar-refractivity contribution in [1.82, 2.24) is 0 Å². The lowest BCUT2D eigenvalue weighted by molar-refractivity contribution is -0.167. The van der Waals surface area contributed by atoms with Crippen molar-refractivity contribution < 1.29 is 28.6 Å². The standard InChI is InChI=1S/C60H108O6/c1-4-7-10-13-16-19-22-25-28-30-33-35-38-41-44-47-50-53-59(62)65-56-57(55-64-58(61)52-49-46-43-40-37-34-31-27-24-21-18-15-12-9-6-3)66-60(63)54-51-48-45-42-39-36-32-29-26-23-20-17-14-11-8-5-2/h16,19,21,24-25,28,33,35,57H,4-15,17-18,20,22-23,26-27,29-32,34,36-56H2,1-3H3/b19-16+,24-21+,28-25+,35-33+/t57-/m1/s1. The van der Waals surface area contributed by atoms with Crippen molar-refractivity contribution in [2.75, 3.05) is 13.2 Å².